The summed E-state index contributed by atoms with van der Waals surface area (Å²) in [5.41, 5.74) is 0.130. The average molecular weight is 251 g/mol. The molecule has 1 aromatic carbocycles. The molecule has 0 bridgehead atoms. The van der Waals surface area contributed by atoms with Gasteiger partial charge in [0, 0.05) is 19.2 Å². The van der Waals surface area contributed by atoms with Crippen molar-refractivity contribution in [3.8, 4) is 5.75 Å². The molecular weight excluding hydrogens is 233 g/mol. The molecule has 98 valence electrons. The van der Waals surface area contributed by atoms with Gasteiger partial charge in [-0.2, -0.15) is 0 Å². The Balaban J connectivity index is 2.17. The van der Waals surface area contributed by atoms with Crippen LogP contribution in [-0.4, -0.2) is 31.0 Å². The van der Waals surface area contributed by atoms with Gasteiger partial charge in [0.25, 0.3) is 5.91 Å². The summed E-state index contributed by atoms with van der Waals surface area (Å²) in [4.78, 5) is 13.9. The zero-order chi connectivity index (χ0) is 13.1. The van der Waals surface area contributed by atoms with Crippen LogP contribution in [-0.2, 0) is 0 Å². The van der Waals surface area contributed by atoms with Crippen LogP contribution in [0, 0.1) is 11.7 Å². The Morgan fingerprint density at radius 3 is 2.89 bits per heavy atom. The molecule has 0 aliphatic carbocycles. The fourth-order valence-electron chi connectivity index (χ4n) is 2.34. The van der Waals surface area contributed by atoms with Crippen molar-refractivity contribution in [3.63, 3.8) is 0 Å². The summed E-state index contributed by atoms with van der Waals surface area (Å²) in [5.74, 6) is 0.180. The van der Waals surface area contributed by atoms with E-state index in [2.05, 4.69) is 6.92 Å². The summed E-state index contributed by atoms with van der Waals surface area (Å²) in [6.07, 6.45) is 2.12. The van der Waals surface area contributed by atoms with Crippen molar-refractivity contribution >= 4 is 5.91 Å². The molecule has 4 heteroatoms. The summed E-state index contributed by atoms with van der Waals surface area (Å²) >= 11 is 0. The van der Waals surface area contributed by atoms with Crippen LogP contribution in [0.15, 0.2) is 18.2 Å². The lowest BCUT2D eigenvalue weighted by Gasteiger charge is -2.31. The molecule has 1 aliphatic rings. The van der Waals surface area contributed by atoms with E-state index < -0.39 is 5.82 Å². The molecule has 1 aromatic rings. The molecule has 1 saturated heterocycles. The summed E-state index contributed by atoms with van der Waals surface area (Å²) < 4.78 is 18.7. The molecule has 3 nitrogen and oxygen atoms in total. The number of halogens is 1. The Kier molecular flexibility index (Phi) is 3.84. The molecule has 1 heterocycles. The van der Waals surface area contributed by atoms with Gasteiger partial charge in [0.1, 0.15) is 11.6 Å². The fourth-order valence-corrected chi connectivity index (χ4v) is 2.34. The first-order valence-corrected chi connectivity index (χ1v) is 6.24. The van der Waals surface area contributed by atoms with Gasteiger partial charge in [-0.05, 0) is 30.9 Å². The molecule has 1 amide bonds. The highest BCUT2D eigenvalue weighted by molar-refractivity contribution is 5.94. The molecule has 0 N–H and O–H groups in total. The third-order valence-corrected chi connectivity index (χ3v) is 3.35. The van der Waals surface area contributed by atoms with E-state index >= 15 is 0 Å². The number of carbonyl (C=O) groups is 1. The zero-order valence-electron chi connectivity index (χ0n) is 10.8. The van der Waals surface area contributed by atoms with Crippen LogP contribution in [0.5, 0.6) is 5.75 Å². The summed E-state index contributed by atoms with van der Waals surface area (Å²) in [6, 6.07) is 4.36. The van der Waals surface area contributed by atoms with Crippen LogP contribution in [0.25, 0.3) is 0 Å². The van der Waals surface area contributed by atoms with Gasteiger partial charge in [0.2, 0.25) is 0 Å². The minimum atomic E-state index is -0.516. The quantitative estimate of drug-likeness (QED) is 0.808. The van der Waals surface area contributed by atoms with E-state index in [1.54, 1.807) is 11.0 Å². The molecule has 18 heavy (non-hydrogen) atoms. The van der Waals surface area contributed by atoms with Crippen LogP contribution < -0.4 is 4.74 Å². The number of ether oxygens (including phenoxy) is 1. The summed E-state index contributed by atoms with van der Waals surface area (Å²) in [6.45, 7) is 3.54. The second-order valence-corrected chi connectivity index (χ2v) is 4.84. The number of methoxy groups -OCH3 is 1. The molecule has 1 unspecified atom stereocenters. The Morgan fingerprint density at radius 2 is 2.28 bits per heavy atom. The van der Waals surface area contributed by atoms with Gasteiger partial charge in [0.15, 0.2) is 0 Å². The first-order valence-electron chi connectivity index (χ1n) is 6.24. The van der Waals surface area contributed by atoms with Crippen LogP contribution >= 0.6 is 0 Å². The number of nitrogens with zero attached hydrogens (tertiary/aromatic N) is 1. The first kappa shape index (κ1) is 12.9. The number of rotatable bonds is 2. The number of carbonyl (C=O) groups excluding carboxylic acids is 1. The SMILES string of the molecule is COc1ccc(C(=O)N2CCCC(C)C2)c(F)c1. The number of hydrogen-bond acceptors (Lipinski definition) is 2. The molecule has 0 aromatic heterocycles. The smallest absolute Gasteiger partial charge is 0.256 e. The topological polar surface area (TPSA) is 29.5 Å². The maximum Gasteiger partial charge on any atom is 0.256 e. The fraction of sp³-hybridized carbons (Fsp3) is 0.500. The van der Waals surface area contributed by atoms with Crippen molar-refractivity contribution in [2.45, 2.75) is 19.8 Å². The maximum absolute atomic E-state index is 13.8. The number of hydrogen-bond donors (Lipinski definition) is 0. The van der Waals surface area contributed by atoms with E-state index in [9.17, 15) is 9.18 Å². The van der Waals surface area contributed by atoms with Crippen molar-refractivity contribution in [1.82, 2.24) is 4.90 Å². The Labute approximate surface area is 107 Å². The number of piperidine rings is 1. The van der Waals surface area contributed by atoms with E-state index in [0.29, 0.717) is 24.8 Å². The van der Waals surface area contributed by atoms with Gasteiger partial charge in [-0.25, -0.2) is 4.39 Å². The minimum Gasteiger partial charge on any atom is -0.497 e. The monoisotopic (exact) mass is 251 g/mol. The summed E-state index contributed by atoms with van der Waals surface area (Å²) in [7, 11) is 1.47. The predicted octanol–water partition coefficient (Wildman–Crippen LogP) is 2.71. The minimum absolute atomic E-state index is 0.130. The largest absolute Gasteiger partial charge is 0.497 e. The predicted molar refractivity (Wildman–Crippen MR) is 67.3 cm³/mol. The second-order valence-electron chi connectivity index (χ2n) is 4.84. The van der Waals surface area contributed by atoms with E-state index in [1.165, 1.54) is 19.2 Å². The van der Waals surface area contributed by atoms with Crippen LogP contribution in [0.4, 0.5) is 4.39 Å². The molecule has 1 fully saturated rings. The van der Waals surface area contributed by atoms with E-state index in [-0.39, 0.29) is 11.5 Å². The average Bonchev–Trinajstić information content (AvgIpc) is 2.37. The molecule has 0 spiro atoms. The first-order chi connectivity index (χ1) is 8.61. The highest BCUT2D eigenvalue weighted by atomic mass is 19.1. The van der Waals surface area contributed by atoms with Gasteiger partial charge >= 0.3 is 0 Å². The Morgan fingerprint density at radius 1 is 1.50 bits per heavy atom. The van der Waals surface area contributed by atoms with Crippen molar-refractivity contribution < 1.29 is 13.9 Å². The third kappa shape index (κ3) is 2.63. The molecule has 1 atom stereocenters. The van der Waals surface area contributed by atoms with E-state index in [0.717, 1.165) is 12.8 Å². The van der Waals surface area contributed by atoms with Gasteiger partial charge < -0.3 is 9.64 Å². The lowest BCUT2D eigenvalue weighted by Crippen LogP contribution is -2.39. The molecule has 0 saturated carbocycles. The standard InChI is InChI=1S/C14H18FNO2/c1-10-4-3-7-16(9-10)14(17)12-6-5-11(18-2)8-13(12)15/h5-6,8,10H,3-4,7,9H2,1-2H3. The maximum atomic E-state index is 13.8. The molecule has 2 rings (SSSR count). The third-order valence-electron chi connectivity index (χ3n) is 3.35. The van der Waals surface area contributed by atoms with Crippen LogP contribution in [0.2, 0.25) is 0 Å². The number of likely N-dealkylation sites (tertiary alicyclic amines) is 1. The van der Waals surface area contributed by atoms with Crippen molar-refractivity contribution in [2.24, 2.45) is 5.92 Å². The lowest BCUT2D eigenvalue weighted by molar-refractivity contribution is 0.0678. The van der Waals surface area contributed by atoms with Gasteiger partial charge in [-0.3, -0.25) is 4.79 Å². The van der Waals surface area contributed by atoms with E-state index in [1.807, 2.05) is 0 Å². The van der Waals surface area contributed by atoms with E-state index in [4.69, 9.17) is 4.74 Å². The number of amides is 1. The van der Waals surface area contributed by atoms with Crippen molar-refractivity contribution in [3.05, 3.63) is 29.6 Å². The Hall–Kier alpha value is -1.58. The zero-order valence-corrected chi connectivity index (χ0v) is 10.8. The highest BCUT2D eigenvalue weighted by Crippen LogP contribution is 2.21. The number of benzene rings is 1. The normalized spacial score (nSPS) is 19.7. The van der Waals surface area contributed by atoms with Crippen LogP contribution in [0.3, 0.4) is 0 Å². The second kappa shape index (κ2) is 5.38. The van der Waals surface area contributed by atoms with Crippen molar-refractivity contribution in [1.29, 1.82) is 0 Å². The molecule has 1 aliphatic heterocycles. The molecular formula is C14H18FNO2. The van der Waals surface area contributed by atoms with Crippen LogP contribution in [0.1, 0.15) is 30.1 Å². The summed E-state index contributed by atoms with van der Waals surface area (Å²) in [5, 5.41) is 0. The molecule has 0 radical (unpaired) electrons. The van der Waals surface area contributed by atoms with Gasteiger partial charge in [0.05, 0.1) is 12.7 Å². The van der Waals surface area contributed by atoms with Gasteiger partial charge in [-0.1, -0.05) is 6.92 Å². The Bertz CT molecular complexity index is 447. The highest BCUT2D eigenvalue weighted by Gasteiger charge is 2.24. The van der Waals surface area contributed by atoms with Gasteiger partial charge in [-0.15, -0.1) is 0 Å². The lowest BCUT2D eigenvalue weighted by atomic mass is 9.99. The van der Waals surface area contributed by atoms with Crippen molar-refractivity contribution in [2.75, 3.05) is 20.2 Å².